The number of Topliss-reactive ketones (excluding diaryl/α,β-unsaturated/α-hetero) is 1. The molecule has 2 amide bonds. The number of ketones is 1. The van der Waals surface area contributed by atoms with Crippen LogP contribution in [0.4, 0.5) is 16.2 Å². The first-order valence-electron chi connectivity index (χ1n) is 6.85. The zero-order chi connectivity index (χ0) is 15.1. The number of carbonyl (C=O) groups excluding carboxylic acids is 2. The number of aryl methyl sites for hydroxylation is 1. The highest BCUT2D eigenvalue weighted by atomic mass is 16.2. The summed E-state index contributed by atoms with van der Waals surface area (Å²) in [4.78, 5) is 22.8. The Morgan fingerprint density at radius 2 is 1.43 bits per heavy atom. The van der Waals surface area contributed by atoms with Gasteiger partial charge >= 0.3 is 6.03 Å². The van der Waals surface area contributed by atoms with E-state index in [0.29, 0.717) is 6.42 Å². The van der Waals surface area contributed by atoms with Gasteiger partial charge in [-0.05, 0) is 43.2 Å². The first-order valence-corrected chi connectivity index (χ1v) is 6.85. The Morgan fingerprint density at radius 1 is 0.857 bits per heavy atom. The quantitative estimate of drug-likeness (QED) is 0.875. The lowest BCUT2D eigenvalue weighted by atomic mass is 10.1. The Morgan fingerprint density at radius 3 is 2.00 bits per heavy atom. The summed E-state index contributed by atoms with van der Waals surface area (Å²) < 4.78 is 0. The molecule has 4 heteroatoms. The summed E-state index contributed by atoms with van der Waals surface area (Å²) in [5, 5.41) is 5.52. The van der Waals surface area contributed by atoms with Crippen LogP contribution in [0.2, 0.25) is 0 Å². The van der Waals surface area contributed by atoms with Crippen LogP contribution < -0.4 is 10.6 Å². The van der Waals surface area contributed by atoms with Gasteiger partial charge in [0, 0.05) is 17.8 Å². The Hall–Kier alpha value is -2.62. The highest BCUT2D eigenvalue weighted by Crippen LogP contribution is 2.12. The summed E-state index contributed by atoms with van der Waals surface area (Å²) in [7, 11) is 0. The number of anilines is 2. The minimum atomic E-state index is -0.280. The first kappa shape index (κ1) is 14.8. The van der Waals surface area contributed by atoms with Crippen LogP contribution in [0.15, 0.2) is 54.6 Å². The van der Waals surface area contributed by atoms with Crippen molar-refractivity contribution in [3.8, 4) is 0 Å². The number of para-hydroxylation sites is 1. The lowest BCUT2D eigenvalue weighted by Crippen LogP contribution is -2.19. The number of hydrogen-bond donors (Lipinski definition) is 2. The van der Waals surface area contributed by atoms with Crippen LogP contribution >= 0.6 is 0 Å². The van der Waals surface area contributed by atoms with Gasteiger partial charge in [-0.25, -0.2) is 4.79 Å². The molecular weight excluding hydrogens is 264 g/mol. The van der Waals surface area contributed by atoms with Gasteiger partial charge < -0.3 is 15.4 Å². The number of carbonyl (C=O) groups is 2. The number of amides is 2. The fourth-order valence-corrected chi connectivity index (χ4v) is 1.89. The number of rotatable bonds is 5. The van der Waals surface area contributed by atoms with Crippen LogP contribution in [0.5, 0.6) is 0 Å². The predicted octanol–water partition coefficient (Wildman–Crippen LogP) is 3.85. The monoisotopic (exact) mass is 282 g/mol. The van der Waals surface area contributed by atoms with Gasteiger partial charge in [-0.3, -0.25) is 0 Å². The molecule has 4 nitrogen and oxygen atoms in total. The minimum absolute atomic E-state index is 0.180. The smallest absolute Gasteiger partial charge is 0.308 e. The third-order valence-electron chi connectivity index (χ3n) is 3.01. The van der Waals surface area contributed by atoms with Crippen molar-refractivity contribution in [3.05, 3.63) is 60.2 Å². The van der Waals surface area contributed by atoms with Gasteiger partial charge in [0.1, 0.15) is 5.78 Å². The average molecular weight is 282 g/mol. The first-order chi connectivity index (χ1) is 10.1. The maximum atomic E-state index is 11.8. The van der Waals surface area contributed by atoms with Crippen molar-refractivity contribution in [1.29, 1.82) is 0 Å². The Balaban J connectivity index is 1.88. The zero-order valence-electron chi connectivity index (χ0n) is 11.9. The van der Waals surface area contributed by atoms with E-state index >= 15 is 0 Å². The third kappa shape index (κ3) is 5.10. The summed E-state index contributed by atoms with van der Waals surface area (Å²) in [5.41, 5.74) is 2.54. The zero-order valence-corrected chi connectivity index (χ0v) is 11.9. The number of benzene rings is 2. The molecular formula is C17H18N2O2. The van der Waals surface area contributed by atoms with Crippen LogP contribution in [-0.2, 0) is 11.2 Å². The molecule has 0 spiro atoms. The molecule has 21 heavy (non-hydrogen) atoms. The summed E-state index contributed by atoms with van der Waals surface area (Å²) >= 11 is 0. The van der Waals surface area contributed by atoms with E-state index in [0.717, 1.165) is 23.4 Å². The van der Waals surface area contributed by atoms with Gasteiger partial charge in [-0.2, -0.15) is 0 Å². The maximum Gasteiger partial charge on any atom is 0.323 e. The van der Waals surface area contributed by atoms with E-state index in [1.807, 2.05) is 54.6 Å². The highest BCUT2D eigenvalue weighted by Gasteiger charge is 2.02. The third-order valence-corrected chi connectivity index (χ3v) is 3.01. The topological polar surface area (TPSA) is 58.2 Å². The molecule has 0 bridgehead atoms. The lowest BCUT2D eigenvalue weighted by Gasteiger charge is -2.08. The second-order valence-electron chi connectivity index (χ2n) is 4.84. The summed E-state index contributed by atoms with van der Waals surface area (Å²) in [6, 6.07) is 16.5. The fraction of sp³-hybridized carbons (Fsp3) is 0.176. The predicted molar refractivity (Wildman–Crippen MR) is 84.5 cm³/mol. The summed E-state index contributed by atoms with van der Waals surface area (Å²) in [5.74, 6) is 0.180. The Kier molecular flexibility index (Phi) is 5.10. The molecule has 0 aliphatic carbocycles. The van der Waals surface area contributed by atoms with Crippen LogP contribution in [-0.4, -0.2) is 11.8 Å². The van der Waals surface area contributed by atoms with Crippen molar-refractivity contribution in [1.82, 2.24) is 0 Å². The van der Waals surface area contributed by atoms with Crippen molar-refractivity contribution in [2.45, 2.75) is 19.8 Å². The summed E-state index contributed by atoms with van der Waals surface area (Å²) in [6.07, 6.45) is 1.27. The standard InChI is InChI=1S/C17H18N2O2/c1-13(20)7-8-14-9-11-16(12-10-14)19-17(21)18-15-5-3-2-4-6-15/h2-6,9-12H,7-8H2,1H3,(H2,18,19,21). The molecule has 108 valence electrons. The van der Waals surface area contributed by atoms with Gasteiger partial charge in [0.05, 0.1) is 0 Å². The molecule has 0 aliphatic heterocycles. The molecule has 2 aromatic rings. The number of nitrogens with one attached hydrogen (secondary N) is 2. The van der Waals surface area contributed by atoms with E-state index in [2.05, 4.69) is 10.6 Å². The van der Waals surface area contributed by atoms with Crippen molar-refractivity contribution < 1.29 is 9.59 Å². The molecule has 2 N–H and O–H groups in total. The van der Waals surface area contributed by atoms with Crippen LogP contribution in [0.1, 0.15) is 18.9 Å². The average Bonchev–Trinajstić information content (AvgIpc) is 2.47. The normalized spacial score (nSPS) is 9.95. The second-order valence-corrected chi connectivity index (χ2v) is 4.84. The van der Waals surface area contributed by atoms with E-state index < -0.39 is 0 Å². The van der Waals surface area contributed by atoms with E-state index in [9.17, 15) is 9.59 Å². The molecule has 0 fully saturated rings. The molecule has 0 aromatic heterocycles. The molecule has 0 heterocycles. The van der Waals surface area contributed by atoms with Gasteiger partial charge in [0.15, 0.2) is 0 Å². The van der Waals surface area contributed by atoms with Crippen LogP contribution in [0.3, 0.4) is 0 Å². The van der Waals surface area contributed by atoms with E-state index in [4.69, 9.17) is 0 Å². The SMILES string of the molecule is CC(=O)CCc1ccc(NC(=O)Nc2ccccc2)cc1. The van der Waals surface area contributed by atoms with Crippen molar-refractivity contribution in [2.24, 2.45) is 0 Å². The van der Waals surface area contributed by atoms with Gasteiger partial charge in [-0.1, -0.05) is 30.3 Å². The molecule has 2 rings (SSSR count). The Labute approximate surface area is 124 Å². The molecule has 0 aliphatic rings. The second kappa shape index (κ2) is 7.24. The fourth-order valence-electron chi connectivity index (χ4n) is 1.89. The maximum absolute atomic E-state index is 11.8. The minimum Gasteiger partial charge on any atom is -0.308 e. The largest absolute Gasteiger partial charge is 0.323 e. The molecule has 0 saturated carbocycles. The van der Waals surface area contributed by atoms with Crippen LogP contribution in [0, 0.1) is 0 Å². The van der Waals surface area contributed by atoms with Gasteiger partial charge in [0.2, 0.25) is 0 Å². The molecule has 2 aromatic carbocycles. The van der Waals surface area contributed by atoms with Crippen molar-refractivity contribution in [3.63, 3.8) is 0 Å². The van der Waals surface area contributed by atoms with E-state index in [1.165, 1.54) is 0 Å². The number of urea groups is 1. The molecule has 0 radical (unpaired) electrons. The van der Waals surface area contributed by atoms with Crippen LogP contribution in [0.25, 0.3) is 0 Å². The van der Waals surface area contributed by atoms with Crippen molar-refractivity contribution in [2.75, 3.05) is 10.6 Å². The van der Waals surface area contributed by atoms with Crippen molar-refractivity contribution >= 4 is 23.2 Å². The summed E-state index contributed by atoms with van der Waals surface area (Å²) in [6.45, 7) is 1.59. The Bertz CT molecular complexity index is 606. The van der Waals surface area contributed by atoms with Gasteiger partial charge in [-0.15, -0.1) is 0 Å². The molecule has 0 atom stereocenters. The number of hydrogen-bond acceptors (Lipinski definition) is 2. The lowest BCUT2D eigenvalue weighted by molar-refractivity contribution is -0.116. The molecule has 0 saturated heterocycles. The van der Waals surface area contributed by atoms with Gasteiger partial charge in [0.25, 0.3) is 0 Å². The molecule has 0 unspecified atom stereocenters. The van der Waals surface area contributed by atoms with E-state index in [-0.39, 0.29) is 11.8 Å². The highest BCUT2D eigenvalue weighted by molar-refractivity contribution is 5.99. The van der Waals surface area contributed by atoms with E-state index in [1.54, 1.807) is 6.92 Å².